The quantitative estimate of drug-likeness (QED) is 0.624. The van der Waals surface area contributed by atoms with Gasteiger partial charge in [0, 0.05) is 0 Å². The van der Waals surface area contributed by atoms with E-state index in [9.17, 15) is 9.59 Å². The van der Waals surface area contributed by atoms with Crippen LogP contribution >= 0.6 is 23.2 Å². The molecule has 0 unspecified atom stereocenters. The van der Waals surface area contributed by atoms with Crippen LogP contribution in [0, 0.1) is 5.41 Å². The van der Waals surface area contributed by atoms with Crippen molar-refractivity contribution in [1.29, 1.82) is 0 Å². The number of carbonyl (C=O) groups is 2. The second kappa shape index (κ2) is 4.79. The van der Waals surface area contributed by atoms with E-state index in [0.717, 1.165) is 0 Å². The number of hydrogen-bond acceptors (Lipinski definition) is 2. The van der Waals surface area contributed by atoms with Gasteiger partial charge in [-0.25, -0.2) is 0 Å². The third-order valence-electron chi connectivity index (χ3n) is 2.92. The maximum Gasteiger partial charge on any atom is 0.241 e. The first kappa shape index (κ1) is 14.2. The maximum atomic E-state index is 11.8. The highest BCUT2D eigenvalue weighted by atomic mass is 35.5. The third kappa shape index (κ3) is 2.24. The van der Waals surface area contributed by atoms with Crippen LogP contribution in [0.15, 0.2) is 30.3 Å². The predicted molar refractivity (Wildman–Crippen MR) is 69.3 cm³/mol. The highest BCUT2D eigenvalue weighted by Gasteiger charge is 2.54. The Morgan fingerprint density at radius 2 is 1.35 bits per heavy atom. The normalized spacial score (nSPS) is 12.3. The molecule has 0 heterocycles. The molecule has 1 aromatic rings. The summed E-state index contributed by atoms with van der Waals surface area (Å²) in [7, 11) is 0. The summed E-state index contributed by atoms with van der Waals surface area (Å²) in [6.45, 7) is 5.29. The summed E-state index contributed by atoms with van der Waals surface area (Å²) in [5.74, 6) is 0. The van der Waals surface area contributed by atoms with Gasteiger partial charge in [0.15, 0.2) is 0 Å². The van der Waals surface area contributed by atoms with Crippen molar-refractivity contribution >= 4 is 33.7 Å². The highest BCUT2D eigenvalue weighted by Crippen LogP contribution is 2.45. The van der Waals surface area contributed by atoms with Gasteiger partial charge in [0.05, 0.1) is 0 Å². The molecule has 0 spiro atoms. The van der Waals surface area contributed by atoms with Gasteiger partial charge in [0.25, 0.3) is 0 Å². The van der Waals surface area contributed by atoms with Crippen LogP contribution in [0.2, 0.25) is 0 Å². The molecular formula is C13H14Cl2O2. The molecule has 1 aromatic carbocycles. The molecule has 0 atom stereocenters. The molecule has 0 aliphatic carbocycles. The fourth-order valence-electron chi connectivity index (χ4n) is 2.02. The average molecular weight is 273 g/mol. The molecule has 0 N–H and O–H groups in total. The Bertz CT molecular complexity index is 418. The molecule has 0 aliphatic heterocycles. The molecule has 17 heavy (non-hydrogen) atoms. The molecule has 0 saturated carbocycles. The van der Waals surface area contributed by atoms with Gasteiger partial charge < -0.3 is 0 Å². The Hall–Kier alpha value is -0.860. The minimum atomic E-state index is -1.52. The van der Waals surface area contributed by atoms with Gasteiger partial charge in [-0.3, -0.25) is 9.59 Å². The third-order valence-corrected chi connectivity index (χ3v) is 3.49. The molecule has 2 nitrogen and oxygen atoms in total. The van der Waals surface area contributed by atoms with Crippen molar-refractivity contribution in [2.24, 2.45) is 5.41 Å². The second-order valence-corrected chi connectivity index (χ2v) is 5.60. The van der Waals surface area contributed by atoms with E-state index < -0.39 is 21.3 Å². The second-order valence-electron chi connectivity index (χ2n) is 4.91. The summed E-state index contributed by atoms with van der Waals surface area (Å²) in [5.41, 5.74) is -1.70. The number of carbonyl (C=O) groups excluding carboxylic acids is 2. The van der Waals surface area contributed by atoms with Crippen LogP contribution in [0.3, 0.4) is 0 Å². The summed E-state index contributed by atoms with van der Waals surface area (Å²) in [6.07, 6.45) is 0. The molecule has 4 heteroatoms. The minimum Gasteiger partial charge on any atom is -0.280 e. The first-order valence-corrected chi connectivity index (χ1v) is 5.95. The van der Waals surface area contributed by atoms with Crippen LogP contribution in [0.4, 0.5) is 0 Å². The topological polar surface area (TPSA) is 34.1 Å². The van der Waals surface area contributed by atoms with E-state index in [4.69, 9.17) is 23.2 Å². The van der Waals surface area contributed by atoms with Crippen LogP contribution in [0.25, 0.3) is 0 Å². The molecule has 0 radical (unpaired) electrons. The average Bonchev–Trinajstić information content (AvgIpc) is 2.16. The lowest BCUT2D eigenvalue weighted by atomic mass is 9.64. The fourth-order valence-corrected chi connectivity index (χ4v) is 3.02. The maximum absolute atomic E-state index is 11.8. The van der Waals surface area contributed by atoms with E-state index in [0.29, 0.717) is 5.56 Å². The number of benzene rings is 1. The van der Waals surface area contributed by atoms with Crippen molar-refractivity contribution in [2.75, 3.05) is 0 Å². The Kier molecular flexibility index (Phi) is 4.00. The Morgan fingerprint density at radius 1 is 0.941 bits per heavy atom. The van der Waals surface area contributed by atoms with Crippen LogP contribution in [0.5, 0.6) is 0 Å². The monoisotopic (exact) mass is 272 g/mol. The summed E-state index contributed by atoms with van der Waals surface area (Å²) in [5, 5.41) is -1.51. The summed E-state index contributed by atoms with van der Waals surface area (Å²) in [4.78, 5) is 23.6. The molecule has 0 aliphatic rings. The molecule has 0 bridgehead atoms. The first-order chi connectivity index (χ1) is 7.74. The van der Waals surface area contributed by atoms with Crippen molar-refractivity contribution in [2.45, 2.75) is 26.2 Å². The van der Waals surface area contributed by atoms with Gasteiger partial charge in [0.2, 0.25) is 10.5 Å². The van der Waals surface area contributed by atoms with Gasteiger partial charge in [0.1, 0.15) is 5.41 Å². The first-order valence-electron chi connectivity index (χ1n) is 5.20. The van der Waals surface area contributed by atoms with Crippen molar-refractivity contribution in [3.63, 3.8) is 0 Å². The van der Waals surface area contributed by atoms with Gasteiger partial charge in [-0.1, -0.05) is 51.1 Å². The standard InChI is InChI=1S/C13H14Cl2O2/c1-12(2,3)13(10(14)16,11(15)17)9-7-5-4-6-8-9/h4-8H,1-3H3. The zero-order valence-electron chi connectivity index (χ0n) is 9.96. The van der Waals surface area contributed by atoms with E-state index >= 15 is 0 Å². The van der Waals surface area contributed by atoms with Gasteiger partial charge in [-0.2, -0.15) is 0 Å². The smallest absolute Gasteiger partial charge is 0.241 e. The minimum absolute atomic E-state index is 0.521. The van der Waals surface area contributed by atoms with Crippen LogP contribution in [-0.4, -0.2) is 10.5 Å². The Balaban J connectivity index is 3.59. The summed E-state index contributed by atoms with van der Waals surface area (Å²) >= 11 is 11.3. The van der Waals surface area contributed by atoms with Crippen molar-refractivity contribution < 1.29 is 9.59 Å². The van der Waals surface area contributed by atoms with E-state index in [-0.39, 0.29) is 0 Å². The van der Waals surface area contributed by atoms with E-state index in [1.54, 1.807) is 51.1 Å². The number of hydrogen-bond donors (Lipinski definition) is 0. The van der Waals surface area contributed by atoms with Crippen LogP contribution in [-0.2, 0) is 15.0 Å². The lowest BCUT2D eigenvalue weighted by Gasteiger charge is -2.39. The van der Waals surface area contributed by atoms with E-state index in [2.05, 4.69) is 0 Å². The lowest BCUT2D eigenvalue weighted by Crippen LogP contribution is -2.50. The van der Waals surface area contributed by atoms with Gasteiger partial charge >= 0.3 is 0 Å². The zero-order chi connectivity index (χ0) is 13.3. The number of halogens is 2. The predicted octanol–water partition coefficient (Wildman–Crippen LogP) is 3.50. The molecule has 0 fully saturated rings. The molecular weight excluding hydrogens is 259 g/mol. The SMILES string of the molecule is CC(C)(C)C(C(=O)Cl)(C(=O)Cl)c1ccccc1. The molecule has 0 aromatic heterocycles. The lowest BCUT2D eigenvalue weighted by molar-refractivity contribution is -0.131. The van der Waals surface area contributed by atoms with Crippen LogP contribution in [0.1, 0.15) is 26.3 Å². The Labute approximate surface area is 111 Å². The highest BCUT2D eigenvalue weighted by molar-refractivity contribution is 6.76. The zero-order valence-corrected chi connectivity index (χ0v) is 11.5. The van der Waals surface area contributed by atoms with Gasteiger partial charge in [-0.05, 0) is 34.2 Å². The molecule has 92 valence electrons. The van der Waals surface area contributed by atoms with E-state index in [1.165, 1.54) is 0 Å². The molecule has 0 saturated heterocycles. The van der Waals surface area contributed by atoms with Crippen molar-refractivity contribution in [3.05, 3.63) is 35.9 Å². The van der Waals surface area contributed by atoms with Crippen molar-refractivity contribution in [1.82, 2.24) is 0 Å². The fraction of sp³-hybridized carbons (Fsp3) is 0.385. The molecule has 1 rings (SSSR count). The van der Waals surface area contributed by atoms with Crippen LogP contribution < -0.4 is 0 Å². The van der Waals surface area contributed by atoms with Crippen molar-refractivity contribution in [3.8, 4) is 0 Å². The van der Waals surface area contributed by atoms with Gasteiger partial charge in [-0.15, -0.1) is 0 Å². The van der Waals surface area contributed by atoms with E-state index in [1.807, 2.05) is 0 Å². The largest absolute Gasteiger partial charge is 0.280 e. The summed E-state index contributed by atoms with van der Waals surface area (Å²) < 4.78 is 0. The summed E-state index contributed by atoms with van der Waals surface area (Å²) in [6, 6.07) is 8.66. The Morgan fingerprint density at radius 3 is 1.65 bits per heavy atom. The number of rotatable bonds is 3. The molecule has 0 amide bonds.